The van der Waals surface area contributed by atoms with E-state index in [2.05, 4.69) is 0 Å². The molecule has 2 aromatic carbocycles. The van der Waals surface area contributed by atoms with E-state index in [4.69, 9.17) is 4.74 Å². The van der Waals surface area contributed by atoms with Crippen molar-refractivity contribution >= 4 is 5.69 Å². The molecule has 1 atom stereocenters. The van der Waals surface area contributed by atoms with Crippen molar-refractivity contribution in [3.05, 3.63) is 63.7 Å². The quantitative estimate of drug-likeness (QED) is 0.689. The lowest BCUT2D eigenvalue weighted by molar-refractivity contribution is -0.385. The molecule has 0 amide bonds. The Morgan fingerprint density at radius 1 is 1.19 bits per heavy atom. The number of halogens is 2. The predicted octanol–water partition coefficient (Wildman–Crippen LogP) is 3.72. The first-order chi connectivity index (χ1) is 9.90. The molecule has 0 aliphatic rings. The Bertz CT molecular complexity index is 689. The molecule has 2 rings (SSSR count). The van der Waals surface area contributed by atoms with Crippen LogP contribution >= 0.6 is 0 Å². The highest BCUT2D eigenvalue weighted by Gasteiger charge is 2.18. The zero-order valence-electron chi connectivity index (χ0n) is 10.9. The molecule has 0 radical (unpaired) electrons. The van der Waals surface area contributed by atoms with Gasteiger partial charge in [-0.3, -0.25) is 10.1 Å². The first-order valence-corrected chi connectivity index (χ1v) is 5.98. The number of ether oxygens (including phenoxy) is 1. The monoisotopic (exact) mass is 295 g/mol. The normalized spacial score (nSPS) is 12.0. The maximum atomic E-state index is 13.7. The van der Waals surface area contributed by atoms with E-state index in [1.807, 2.05) is 0 Å². The highest BCUT2D eigenvalue weighted by Crippen LogP contribution is 2.33. The zero-order valence-corrected chi connectivity index (χ0v) is 10.9. The summed E-state index contributed by atoms with van der Waals surface area (Å²) >= 11 is 0. The van der Waals surface area contributed by atoms with Gasteiger partial charge in [-0.25, -0.2) is 8.78 Å². The molecule has 0 saturated heterocycles. The van der Waals surface area contributed by atoms with Gasteiger partial charge in [-0.15, -0.1) is 0 Å². The molecular formula is C14H11F2NO4. The van der Waals surface area contributed by atoms with Crippen molar-refractivity contribution in [1.82, 2.24) is 0 Å². The molecule has 0 aliphatic heterocycles. The van der Waals surface area contributed by atoms with Crippen LogP contribution in [-0.4, -0.2) is 10.0 Å². The molecule has 0 heterocycles. The average molecular weight is 295 g/mol. The number of nitro groups is 1. The lowest BCUT2D eigenvalue weighted by Crippen LogP contribution is -2.01. The first kappa shape index (κ1) is 14.9. The van der Waals surface area contributed by atoms with Gasteiger partial charge in [0.2, 0.25) is 0 Å². The average Bonchev–Trinajstić information content (AvgIpc) is 2.40. The number of nitro benzene ring substituents is 1. The SMILES string of the molecule is C[C@@H](O)c1c(F)cccc1Oc1ccc([N+](=O)[O-])cc1F. The molecule has 7 heteroatoms. The van der Waals surface area contributed by atoms with Crippen LogP contribution in [0.1, 0.15) is 18.6 Å². The molecule has 0 unspecified atom stereocenters. The summed E-state index contributed by atoms with van der Waals surface area (Å²) < 4.78 is 32.6. The maximum absolute atomic E-state index is 13.7. The van der Waals surface area contributed by atoms with Crippen molar-refractivity contribution in [2.24, 2.45) is 0 Å². The summed E-state index contributed by atoms with van der Waals surface area (Å²) in [6.07, 6.45) is -1.15. The van der Waals surface area contributed by atoms with E-state index in [0.717, 1.165) is 18.2 Å². The number of hydrogen-bond acceptors (Lipinski definition) is 4. The van der Waals surface area contributed by atoms with E-state index in [1.54, 1.807) is 0 Å². The number of rotatable bonds is 4. The van der Waals surface area contributed by atoms with Crippen LogP contribution in [0.3, 0.4) is 0 Å². The van der Waals surface area contributed by atoms with E-state index in [1.165, 1.54) is 19.1 Å². The van der Waals surface area contributed by atoms with Crippen LogP contribution in [0, 0.1) is 21.7 Å². The minimum Gasteiger partial charge on any atom is -0.454 e. The van der Waals surface area contributed by atoms with E-state index in [9.17, 15) is 24.0 Å². The van der Waals surface area contributed by atoms with E-state index in [0.29, 0.717) is 6.07 Å². The Labute approximate surface area is 118 Å². The lowest BCUT2D eigenvalue weighted by atomic mass is 10.1. The number of aliphatic hydroxyl groups is 1. The number of benzene rings is 2. The van der Waals surface area contributed by atoms with Crippen LogP contribution in [0.4, 0.5) is 14.5 Å². The molecule has 21 heavy (non-hydrogen) atoms. The maximum Gasteiger partial charge on any atom is 0.272 e. The van der Waals surface area contributed by atoms with Gasteiger partial charge in [0.1, 0.15) is 11.6 Å². The largest absolute Gasteiger partial charge is 0.454 e. The Morgan fingerprint density at radius 2 is 1.90 bits per heavy atom. The van der Waals surface area contributed by atoms with Gasteiger partial charge in [0, 0.05) is 6.07 Å². The fraction of sp³-hybridized carbons (Fsp3) is 0.143. The predicted molar refractivity (Wildman–Crippen MR) is 70.2 cm³/mol. The van der Waals surface area contributed by atoms with Crippen molar-refractivity contribution in [1.29, 1.82) is 0 Å². The van der Waals surface area contributed by atoms with Gasteiger partial charge in [-0.1, -0.05) is 6.07 Å². The minimum atomic E-state index is -1.15. The molecule has 0 aliphatic carbocycles. The Hall–Kier alpha value is -2.54. The van der Waals surface area contributed by atoms with Crippen molar-refractivity contribution in [3.8, 4) is 11.5 Å². The third-order valence-corrected chi connectivity index (χ3v) is 2.78. The van der Waals surface area contributed by atoms with E-state index >= 15 is 0 Å². The van der Waals surface area contributed by atoms with Gasteiger partial charge >= 0.3 is 0 Å². The molecular weight excluding hydrogens is 284 g/mol. The Kier molecular flexibility index (Phi) is 4.13. The third-order valence-electron chi connectivity index (χ3n) is 2.78. The number of hydrogen-bond donors (Lipinski definition) is 1. The Balaban J connectivity index is 2.39. The molecule has 0 spiro atoms. The standard InChI is InChI=1S/C14H11F2NO4/c1-8(18)14-10(15)3-2-4-13(14)21-12-6-5-9(17(19)20)7-11(12)16/h2-8,18H,1H3/t8-/m1/s1. The van der Waals surface area contributed by atoms with Gasteiger partial charge in [0.05, 0.1) is 22.7 Å². The van der Waals surface area contributed by atoms with Crippen LogP contribution in [0.2, 0.25) is 0 Å². The second-order valence-corrected chi connectivity index (χ2v) is 4.30. The first-order valence-electron chi connectivity index (χ1n) is 5.98. The molecule has 0 saturated carbocycles. The Morgan fingerprint density at radius 3 is 2.48 bits per heavy atom. The molecule has 5 nitrogen and oxygen atoms in total. The second-order valence-electron chi connectivity index (χ2n) is 4.30. The summed E-state index contributed by atoms with van der Waals surface area (Å²) in [6.45, 7) is 1.34. The number of nitrogens with zero attached hydrogens (tertiary/aromatic N) is 1. The van der Waals surface area contributed by atoms with Crippen LogP contribution in [0.5, 0.6) is 11.5 Å². The van der Waals surface area contributed by atoms with E-state index in [-0.39, 0.29) is 17.1 Å². The number of aliphatic hydroxyl groups excluding tert-OH is 1. The van der Waals surface area contributed by atoms with E-state index < -0.39 is 28.3 Å². The fourth-order valence-corrected chi connectivity index (χ4v) is 1.82. The van der Waals surface area contributed by atoms with Crippen LogP contribution < -0.4 is 4.74 Å². The molecule has 0 fully saturated rings. The molecule has 0 aromatic heterocycles. The van der Waals surface area contributed by atoms with Gasteiger partial charge < -0.3 is 9.84 Å². The summed E-state index contributed by atoms with van der Waals surface area (Å²) in [4.78, 5) is 9.79. The van der Waals surface area contributed by atoms with Crippen molar-refractivity contribution in [2.45, 2.75) is 13.0 Å². The van der Waals surface area contributed by atoms with Gasteiger partial charge in [0.25, 0.3) is 5.69 Å². The molecule has 110 valence electrons. The zero-order chi connectivity index (χ0) is 15.6. The van der Waals surface area contributed by atoms with Gasteiger partial charge in [0.15, 0.2) is 11.6 Å². The molecule has 1 N–H and O–H groups in total. The topological polar surface area (TPSA) is 72.6 Å². The summed E-state index contributed by atoms with van der Waals surface area (Å²) in [5.74, 6) is -2.00. The highest BCUT2D eigenvalue weighted by molar-refractivity contribution is 5.43. The molecule has 2 aromatic rings. The third kappa shape index (κ3) is 3.14. The van der Waals surface area contributed by atoms with Gasteiger partial charge in [-0.2, -0.15) is 0 Å². The summed E-state index contributed by atoms with van der Waals surface area (Å²) in [6, 6.07) is 6.70. The van der Waals surface area contributed by atoms with Gasteiger partial charge in [-0.05, 0) is 25.1 Å². The van der Waals surface area contributed by atoms with Crippen LogP contribution in [-0.2, 0) is 0 Å². The smallest absolute Gasteiger partial charge is 0.272 e. The highest BCUT2D eigenvalue weighted by atomic mass is 19.1. The fourth-order valence-electron chi connectivity index (χ4n) is 1.82. The summed E-state index contributed by atoms with van der Waals surface area (Å²) in [5, 5.41) is 20.1. The van der Waals surface area contributed by atoms with Crippen molar-refractivity contribution in [2.75, 3.05) is 0 Å². The minimum absolute atomic E-state index is 0.0576. The number of non-ortho nitro benzene ring substituents is 1. The van der Waals surface area contributed by atoms with Crippen molar-refractivity contribution < 1.29 is 23.5 Å². The molecule has 0 bridgehead atoms. The lowest BCUT2D eigenvalue weighted by Gasteiger charge is -2.14. The van der Waals surface area contributed by atoms with Crippen molar-refractivity contribution in [3.63, 3.8) is 0 Å². The summed E-state index contributed by atoms with van der Waals surface area (Å²) in [7, 11) is 0. The summed E-state index contributed by atoms with van der Waals surface area (Å²) in [5.41, 5.74) is -0.537. The van der Waals surface area contributed by atoms with Crippen LogP contribution in [0.25, 0.3) is 0 Å². The van der Waals surface area contributed by atoms with Crippen LogP contribution in [0.15, 0.2) is 36.4 Å². The second kappa shape index (κ2) is 5.84.